The number of hydrogen-bond donors (Lipinski definition) is 0. The lowest BCUT2D eigenvalue weighted by Crippen LogP contribution is -2.57. The van der Waals surface area contributed by atoms with Crippen molar-refractivity contribution in [3.8, 4) is 0 Å². The molecule has 3 aliphatic rings. The SMILES string of the molecule is C[N+]12CCc3cccc4c3CCC1N(C4)c1ccccc12. The van der Waals surface area contributed by atoms with E-state index in [9.17, 15) is 0 Å². The lowest BCUT2D eigenvalue weighted by molar-refractivity contribution is 0.244. The topological polar surface area (TPSA) is 3.24 Å². The van der Waals surface area contributed by atoms with Gasteiger partial charge in [-0.1, -0.05) is 30.3 Å². The van der Waals surface area contributed by atoms with Crippen molar-refractivity contribution < 1.29 is 0 Å². The van der Waals surface area contributed by atoms with Crippen LogP contribution in [0.25, 0.3) is 0 Å². The first-order chi connectivity index (χ1) is 10.3. The third kappa shape index (κ3) is 1.41. The van der Waals surface area contributed by atoms with Gasteiger partial charge < -0.3 is 4.90 Å². The molecule has 2 nitrogen and oxygen atoms in total. The molecule has 0 fully saturated rings. The van der Waals surface area contributed by atoms with Crippen molar-refractivity contribution in [1.29, 1.82) is 0 Å². The van der Waals surface area contributed by atoms with Gasteiger partial charge >= 0.3 is 0 Å². The normalized spacial score (nSPS) is 28.8. The number of quaternary nitrogens is 1. The molecule has 0 amide bonds. The van der Waals surface area contributed by atoms with E-state index in [1.54, 1.807) is 16.7 Å². The zero-order valence-corrected chi connectivity index (χ0v) is 12.5. The van der Waals surface area contributed by atoms with Crippen molar-refractivity contribution in [1.82, 2.24) is 4.48 Å². The van der Waals surface area contributed by atoms with Crippen molar-refractivity contribution in [2.45, 2.75) is 32.0 Å². The Labute approximate surface area is 126 Å². The zero-order valence-electron chi connectivity index (χ0n) is 12.5. The number of benzene rings is 2. The third-order valence-corrected chi connectivity index (χ3v) is 5.97. The number of anilines is 1. The minimum absolute atomic E-state index is 0.614. The van der Waals surface area contributed by atoms with Gasteiger partial charge in [-0.3, -0.25) is 4.48 Å². The van der Waals surface area contributed by atoms with Crippen LogP contribution >= 0.6 is 0 Å². The van der Waals surface area contributed by atoms with Crippen molar-refractivity contribution in [2.24, 2.45) is 0 Å². The molecule has 106 valence electrons. The van der Waals surface area contributed by atoms with Crippen LogP contribution in [0.1, 0.15) is 23.1 Å². The van der Waals surface area contributed by atoms with Gasteiger partial charge in [-0.25, -0.2) is 0 Å². The number of likely N-dealkylation sites (N-methyl/N-ethyl adjacent to an activating group) is 1. The molecule has 0 spiro atoms. The smallest absolute Gasteiger partial charge is 0.170 e. The zero-order chi connectivity index (χ0) is 14.0. The minimum Gasteiger partial charge on any atom is -0.313 e. The van der Waals surface area contributed by atoms with Gasteiger partial charge in [-0.15, -0.1) is 0 Å². The molecular weight excluding hydrogens is 256 g/mol. The highest BCUT2D eigenvalue weighted by atomic mass is 15.5. The fraction of sp³-hybridized carbons (Fsp3) is 0.368. The molecule has 0 N–H and O–H groups in total. The van der Waals surface area contributed by atoms with Gasteiger partial charge in [-0.05, 0) is 29.2 Å². The summed E-state index contributed by atoms with van der Waals surface area (Å²) < 4.78 is 1.09. The molecule has 3 aliphatic heterocycles. The van der Waals surface area contributed by atoms with E-state index < -0.39 is 0 Å². The molecule has 0 aromatic heterocycles. The molecule has 3 heterocycles. The van der Waals surface area contributed by atoms with Crippen LogP contribution in [0.3, 0.4) is 0 Å². The lowest BCUT2D eigenvalue weighted by Gasteiger charge is -2.38. The number of nitrogens with zero attached hydrogens (tertiary/aromatic N) is 2. The van der Waals surface area contributed by atoms with Crippen molar-refractivity contribution in [3.05, 3.63) is 59.2 Å². The van der Waals surface area contributed by atoms with Crippen LogP contribution in [-0.4, -0.2) is 19.8 Å². The second kappa shape index (κ2) is 3.89. The molecule has 2 aromatic rings. The standard InChI is InChI=1S/C19H21N2/c1-21-12-11-14-5-4-6-15-13-20(19(21)10-9-16(14)15)17-7-2-3-8-18(17)21/h2-8,19H,9-13H2,1H3/q+1. The van der Waals surface area contributed by atoms with Gasteiger partial charge in [0.1, 0.15) is 5.69 Å². The summed E-state index contributed by atoms with van der Waals surface area (Å²) in [6.45, 7) is 2.30. The Kier molecular flexibility index (Phi) is 2.19. The third-order valence-electron chi connectivity index (χ3n) is 5.97. The highest BCUT2D eigenvalue weighted by molar-refractivity contribution is 5.75. The van der Waals surface area contributed by atoms with Crippen LogP contribution in [0.5, 0.6) is 0 Å². The molecule has 0 aliphatic carbocycles. The molecule has 0 radical (unpaired) electrons. The Morgan fingerprint density at radius 1 is 1.00 bits per heavy atom. The van der Waals surface area contributed by atoms with E-state index in [2.05, 4.69) is 54.4 Å². The van der Waals surface area contributed by atoms with Crippen LogP contribution < -0.4 is 9.38 Å². The average molecular weight is 277 g/mol. The Bertz CT molecular complexity index is 736. The second-order valence-corrected chi connectivity index (χ2v) is 6.93. The van der Waals surface area contributed by atoms with E-state index >= 15 is 0 Å². The number of fused-ring (bicyclic) bond motifs is 4. The fourth-order valence-corrected chi connectivity index (χ4v) is 4.87. The minimum atomic E-state index is 0.614. The maximum atomic E-state index is 2.68. The van der Waals surface area contributed by atoms with Crippen LogP contribution in [0.4, 0.5) is 11.4 Å². The Morgan fingerprint density at radius 3 is 2.81 bits per heavy atom. The summed E-state index contributed by atoms with van der Waals surface area (Å²) in [5.74, 6) is 0. The van der Waals surface area contributed by atoms with Gasteiger partial charge in [0, 0.05) is 25.5 Å². The van der Waals surface area contributed by atoms with E-state index in [1.807, 2.05) is 0 Å². The van der Waals surface area contributed by atoms with Crippen molar-refractivity contribution >= 4 is 11.4 Å². The summed E-state index contributed by atoms with van der Waals surface area (Å²) in [5, 5.41) is 0. The number of para-hydroxylation sites is 2. The van der Waals surface area contributed by atoms with Crippen LogP contribution in [-0.2, 0) is 19.4 Å². The predicted molar refractivity (Wildman–Crippen MR) is 87.5 cm³/mol. The molecule has 0 saturated heterocycles. The molecule has 2 aromatic carbocycles. The first kappa shape index (κ1) is 11.8. The van der Waals surface area contributed by atoms with Gasteiger partial charge in [-0.2, -0.15) is 0 Å². The highest BCUT2D eigenvalue weighted by Gasteiger charge is 2.49. The summed E-state index contributed by atoms with van der Waals surface area (Å²) in [6, 6.07) is 16.0. The molecule has 2 unspecified atom stereocenters. The number of hydrogen-bond acceptors (Lipinski definition) is 1. The van der Waals surface area contributed by atoms with Crippen molar-refractivity contribution in [3.63, 3.8) is 0 Å². The molecule has 2 heteroatoms. The molecule has 2 atom stereocenters. The van der Waals surface area contributed by atoms with Crippen LogP contribution in [0, 0.1) is 0 Å². The number of rotatable bonds is 0. The summed E-state index contributed by atoms with van der Waals surface area (Å²) in [6.07, 6.45) is 4.34. The average Bonchev–Trinajstić information content (AvgIpc) is 2.65. The molecule has 5 rings (SSSR count). The summed E-state index contributed by atoms with van der Waals surface area (Å²) >= 11 is 0. The van der Waals surface area contributed by atoms with Crippen LogP contribution in [0.15, 0.2) is 42.5 Å². The molecule has 0 saturated carbocycles. The Balaban J connectivity index is 1.80. The van der Waals surface area contributed by atoms with Gasteiger partial charge in [0.15, 0.2) is 11.9 Å². The second-order valence-electron chi connectivity index (χ2n) is 6.93. The van der Waals surface area contributed by atoms with E-state index in [4.69, 9.17) is 0 Å². The van der Waals surface area contributed by atoms with Gasteiger partial charge in [0.25, 0.3) is 0 Å². The first-order valence-corrected chi connectivity index (χ1v) is 8.08. The van der Waals surface area contributed by atoms with Crippen molar-refractivity contribution in [2.75, 3.05) is 18.5 Å². The van der Waals surface area contributed by atoms with Gasteiger partial charge in [0.2, 0.25) is 0 Å². The van der Waals surface area contributed by atoms with Crippen LogP contribution in [0.2, 0.25) is 0 Å². The molecule has 21 heavy (non-hydrogen) atoms. The lowest BCUT2D eigenvalue weighted by atomic mass is 9.93. The quantitative estimate of drug-likeness (QED) is 0.666. The predicted octanol–water partition coefficient (Wildman–Crippen LogP) is 3.47. The molecular formula is C19H21N2+. The van der Waals surface area contributed by atoms with E-state index in [0.29, 0.717) is 6.17 Å². The highest BCUT2D eigenvalue weighted by Crippen LogP contribution is 2.48. The largest absolute Gasteiger partial charge is 0.313 e. The first-order valence-electron chi connectivity index (χ1n) is 8.08. The summed E-state index contributed by atoms with van der Waals surface area (Å²) in [7, 11) is 2.45. The monoisotopic (exact) mass is 277 g/mol. The summed E-state index contributed by atoms with van der Waals surface area (Å²) in [5.41, 5.74) is 7.79. The van der Waals surface area contributed by atoms with E-state index in [0.717, 1.165) is 11.0 Å². The Morgan fingerprint density at radius 2 is 1.86 bits per heavy atom. The Hall–Kier alpha value is -1.80. The molecule has 2 bridgehead atoms. The summed E-state index contributed by atoms with van der Waals surface area (Å²) in [4.78, 5) is 2.68. The van der Waals surface area contributed by atoms with E-state index in [-0.39, 0.29) is 0 Å². The maximum Gasteiger partial charge on any atom is 0.170 e. The van der Waals surface area contributed by atoms with E-state index in [1.165, 1.54) is 37.2 Å². The van der Waals surface area contributed by atoms with Gasteiger partial charge in [0.05, 0.1) is 13.6 Å². The fourth-order valence-electron chi connectivity index (χ4n) is 4.87. The maximum absolute atomic E-state index is 2.68.